The molecule has 0 radical (unpaired) electrons. The van der Waals surface area contributed by atoms with Crippen molar-refractivity contribution in [1.82, 2.24) is 4.98 Å². The van der Waals surface area contributed by atoms with Crippen molar-refractivity contribution in [3.8, 4) is 11.5 Å². The van der Waals surface area contributed by atoms with Crippen LogP contribution < -0.4 is 4.74 Å². The van der Waals surface area contributed by atoms with Crippen LogP contribution in [0, 0.1) is 0 Å². The Labute approximate surface area is 123 Å². The number of rotatable bonds is 2. The van der Waals surface area contributed by atoms with Gasteiger partial charge < -0.3 is 4.74 Å². The Balaban J connectivity index is 2.40. The van der Waals surface area contributed by atoms with Gasteiger partial charge >= 0.3 is 6.18 Å². The summed E-state index contributed by atoms with van der Waals surface area (Å²) in [5, 5.41) is 0. The zero-order valence-corrected chi connectivity index (χ0v) is 12.4. The van der Waals surface area contributed by atoms with Crippen LogP contribution in [0.25, 0.3) is 0 Å². The van der Waals surface area contributed by atoms with Gasteiger partial charge in [0.15, 0.2) is 0 Å². The Morgan fingerprint density at radius 3 is 2.37 bits per heavy atom. The van der Waals surface area contributed by atoms with Crippen molar-refractivity contribution in [1.29, 1.82) is 0 Å². The minimum absolute atomic E-state index is 0.224. The van der Waals surface area contributed by atoms with Crippen molar-refractivity contribution in [2.45, 2.75) is 6.18 Å². The molecule has 0 aliphatic heterocycles. The number of aromatic nitrogens is 1. The second-order valence-corrected chi connectivity index (χ2v) is 5.41. The molecule has 0 bridgehead atoms. The van der Waals surface area contributed by atoms with E-state index in [4.69, 9.17) is 4.74 Å². The van der Waals surface area contributed by atoms with Crippen LogP contribution in [0.3, 0.4) is 0 Å². The van der Waals surface area contributed by atoms with Gasteiger partial charge in [-0.05, 0) is 40.2 Å². The van der Waals surface area contributed by atoms with Gasteiger partial charge in [0.1, 0.15) is 11.5 Å². The highest BCUT2D eigenvalue weighted by molar-refractivity contribution is 9.10. The Morgan fingerprint density at radius 2 is 1.74 bits per heavy atom. The number of pyridine rings is 1. The van der Waals surface area contributed by atoms with E-state index >= 15 is 0 Å². The molecule has 0 atom stereocenters. The predicted molar refractivity (Wildman–Crippen MR) is 71.2 cm³/mol. The fraction of sp³-hybridized carbons (Fsp3) is 0.0833. The first-order valence-electron chi connectivity index (χ1n) is 5.01. The van der Waals surface area contributed by atoms with Crippen LogP contribution in [0.2, 0.25) is 0 Å². The standard InChI is InChI=1S/C12H6Br2F3NO/c13-7-1-2-11(10(4-7)12(15,16)17)19-9-3-8(14)5-18-6-9/h1-6H. The SMILES string of the molecule is FC(F)(F)c1cc(Br)ccc1Oc1cncc(Br)c1. The minimum atomic E-state index is -4.49. The highest BCUT2D eigenvalue weighted by Gasteiger charge is 2.34. The van der Waals surface area contributed by atoms with E-state index < -0.39 is 11.7 Å². The van der Waals surface area contributed by atoms with E-state index in [9.17, 15) is 13.2 Å². The van der Waals surface area contributed by atoms with Gasteiger partial charge in [-0.2, -0.15) is 13.2 Å². The molecule has 19 heavy (non-hydrogen) atoms. The quantitative estimate of drug-likeness (QED) is 0.676. The van der Waals surface area contributed by atoms with Crippen molar-refractivity contribution in [3.63, 3.8) is 0 Å². The summed E-state index contributed by atoms with van der Waals surface area (Å²) in [6.45, 7) is 0. The van der Waals surface area contributed by atoms with E-state index in [0.29, 0.717) is 8.95 Å². The predicted octanol–water partition coefficient (Wildman–Crippen LogP) is 5.42. The summed E-state index contributed by atoms with van der Waals surface area (Å²) in [7, 11) is 0. The molecule has 2 aromatic rings. The summed E-state index contributed by atoms with van der Waals surface area (Å²) in [5.74, 6) is -0.0437. The largest absolute Gasteiger partial charge is 0.455 e. The number of alkyl halides is 3. The van der Waals surface area contributed by atoms with E-state index in [1.165, 1.54) is 30.6 Å². The fourth-order valence-corrected chi connectivity index (χ4v) is 2.09. The second kappa shape index (κ2) is 5.50. The molecule has 1 aromatic carbocycles. The number of hydrogen-bond donors (Lipinski definition) is 0. The number of hydrogen-bond acceptors (Lipinski definition) is 2. The molecule has 0 aliphatic carbocycles. The third-order valence-electron chi connectivity index (χ3n) is 2.15. The second-order valence-electron chi connectivity index (χ2n) is 3.58. The molecule has 0 saturated heterocycles. The average Bonchev–Trinajstić information content (AvgIpc) is 2.30. The van der Waals surface area contributed by atoms with Crippen molar-refractivity contribution in [3.05, 3.63) is 51.2 Å². The Kier molecular flexibility index (Phi) is 4.15. The van der Waals surface area contributed by atoms with E-state index in [-0.39, 0.29) is 11.5 Å². The zero-order valence-electron chi connectivity index (χ0n) is 9.21. The highest BCUT2D eigenvalue weighted by Crippen LogP contribution is 2.39. The summed E-state index contributed by atoms with van der Waals surface area (Å²) in [6.07, 6.45) is -1.63. The first-order valence-corrected chi connectivity index (χ1v) is 6.60. The van der Waals surface area contributed by atoms with Crippen LogP contribution in [-0.2, 0) is 6.18 Å². The fourth-order valence-electron chi connectivity index (χ4n) is 1.39. The van der Waals surface area contributed by atoms with Gasteiger partial charge in [-0.1, -0.05) is 15.9 Å². The van der Waals surface area contributed by atoms with Crippen molar-refractivity contribution < 1.29 is 17.9 Å². The smallest absolute Gasteiger partial charge is 0.420 e. The van der Waals surface area contributed by atoms with E-state index in [1.807, 2.05) is 0 Å². The normalized spacial score (nSPS) is 11.4. The van der Waals surface area contributed by atoms with E-state index in [2.05, 4.69) is 36.8 Å². The molecule has 0 fully saturated rings. The number of halogens is 5. The molecule has 100 valence electrons. The molecule has 2 nitrogen and oxygen atoms in total. The Hall–Kier alpha value is -1.08. The topological polar surface area (TPSA) is 22.1 Å². The molecule has 0 saturated carbocycles. The third kappa shape index (κ3) is 3.70. The summed E-state index contributed by atoms with van der Waals surface area (Å²) < 4.78 is 44.8. The maximum Gasteiger partial charge on any atom is 0.420 e. The molecule has 0 unspecified atom stereocenters. The maximum absolute atomic E-state index is 12.9. The van der Waals surface area contributed by atoms with Crippen LogP contribution in [-0.4, -0.2) is 4.98 Å². The molecule has 0 spiro atoms. The molecule has 1 heterocycles. The molecule has 0 aliphatic rings. The van der Waals surface area contributed by atoms with Crippen LogP contribution in [0.5, 0.6) is 11.5 Å². The Morgan fingerprint density at radius 1 is 1.00 bits per heavy atom. The monoisotopic (exact) mass is 395 g/mol. The number of benzene rings is 1. The lowest BCUT2D eigenvalue weighted by Gasteiger charge is -2.14. The van der Waals surface area contributed by atoms with Gasteiger partial charge in [0.05, 0.1) is 11.8 Å². The van der Waals surface area contributed by atoms with Crippen LogP contribution in [0.1, 0.15) is 5.56 Å². The van der Waals surface area contributed by atoms with Crippen LogP contribution in [0.4, 0.5) is 13.2 Å². The maximum atomic E-state index is 12.9. The van der Waals surface area contributed by atoms with E-state index in [0.717, 1.165) is 6.07 Å². The molecule has 1 aromatic heterocycles. The summed E-state index contributed by atoms with van der Waals surface area (Å²) in [6, 6.07) is 5.25. The van der Waals surface area contributed by atoms with Gasteiger partial charge in [-0.3, -0.25) is 4.98 Å². The minimum Gasteiger partial charge on any atom is -0.455 e. The molecule has 7 heteroatoms. The van der Waals surface area contributed by atoms with Gasteiger partial charge in [0.2, 0.25) is 0 Å². The van der Waals surface area contributed by atoms with Gasteiger partial charge in [0, 0.05) is 15.1 Å². The van der Waals surface area contributed by atoms with Crippen LogP contribution >= 0.6 is 31.9 Å². The average molecular weight is 397 g/mol. The van der Waals surface area contributed by atoms with Crippen molar-refractivity contribution in [2.75, 3.05) is 0 Å². The first kappa shape index (κ1) is 14.3. The van der Waals surface area contributed by atoms with E-state index in [1.54, 1.807) is 0 Å². The first-order chi connectivity index (χ1) is 8.86. The van der Waals surface area contributed by atoms with Crippen molar-refractivity contribution in [2.24, 2.45) is 0 Å². The highest BCUT2D eigenvalue weighted by atomic mass is 79.9. The molecule has 0 amide bonds. The van der Waals surface area contributed by atoms with Crippen LogP contribution in [0.15, 0.2) is 45.6 Å². The summed E-state index contributed by atoms with van der Waals surface area (Å²) in [4.78, 5) is 3.83. The van der Waals surface area contributed by atoms with Gasteiger partial charge in [0.25, 0.3) is 0 Å². The molecular weight excluding hydrogens is 391 g/mol. The lowest BCUT2D eigenvalue weighted by molar-refractivity contribution is -0.138. The third-order valence-corrected chi connectivity index (χ3v) is 3.08. The zero-order chi connectivity index (χ0) is 14.0. The summed E-state index contributed by atoms with van der Waals surface area (Å²) in [5.41, 5.74) is -0.846. The number of ether oxygens (including phenoxy) is 1. The Bertz CT molecular complexity index is 602. The van der Waals surface area contributed by atoms with Gasteiger partial charge in [-0.25, -0.2) is 0 Å². The molecule has 0 N–H and O–H groups in total. The molecular formula is C12H6Br2F3NO. The lowest BCUT2D eigenvalue weighted by Crippen LogP contribution is -2.07. The van der Waals surface area contributed by atoms with Crippen molar-refractivity contribution >= 4 is 31.9 Å². The van der Waals surface area contributed by atoms with Gasteiger partial charge in [-0.15, -0.1) is 0 Å². The summed E-state index contributed by atoms with van der Waals surface area (Å²) >= 11 is 6.18. The number of nitrogens with zero attached hydrogens (tertiary/aromatic N) is 1. The lowest BCUT2D eigenvalue weighted by atomic mass is 10.2. The molecule has 2 rings (SSSR count).